The maximum Gasteiger partial charge on any atom is 0.223 e. The maximum absolute atomic E-state index is 5.84. The number of hydrogen-bond donors (Lipinski definition) is 0. The van der Waals surface area contributed by atoms with Crippen molar-refractivity contribution in [1.29, 1.82) is 0 Å². The predicted molar refractivity (Wildman–Crippen MR) is 78.8 cm³/mol. The van der Waals surface area contributed by atoms with Gasteiger partial charge in [-0.2, -0.15) is 0 Å². The minimum Gasteiger partial charge on any atom is -0.337 e. The van der Waals surface area contributed by atoms with Crippen molar-refractivity contribution in [2.75, 3.05) is 0 Å². The summed E-state index contributed by atoms with van der Waals surface area (Å²) < 4.78 is 3.90. The van der Waals surface area contributed by atoms with Gasteiger partial charge in [-0.25, -0.2) is 9.97 Å². The summed E-state index contributed by atoms with van der Waals surface area (Å²) in [5.74, 6) is 0. The molecule has 5 rings (SSSR count). The highest BCUT2D eigenvalue weighted by Gasteiger charge is 2.67. The Morgan fingerprint density at radius 3 is 2.76 bits per heavy atom. The van der Waals surface area contributed by atoms with Gasteiger partial charge in [-0.1, -0.05) is 22.6 Å². The summed E-state index contributed by atoms with van der Waals surface area (Å²) in [5.41, 5.74) is 2.32. The number of halogens is 3. The smallest absolute Gasteiger partial charge is 0.223 e. The average molecular weight is 424 g/mol. The van der Waals surface area contributed by atoms with E-state index in [1.165, 1.54) is 19.3 Å². The van der Waals surface area contributed by atoms with E-state index < -0.39 is 0 Å². The zero-order chi connectivity index (χ0) is 11.8. The van der Waals surface area contributed by atoms with Gasteiger partial charge in [-0.05, 0) is 46.8 Å². The van der Waals surface area contributed by atoms with Crippen LogP contribution in [0.4, 0.5) is 0 Å². The predicted octanol–water partition coefficient (Wildman–Crippen LogP) is 3.91. The molecule has 3 aliphatic rings. The van der Waals surface area contributed by atoms with Crippen LogP contribution in [0.15, 0.2) is 16.9 Å². The highest BCUT2D eigenvalue weighted by Crippen LogP contribution is 2.70. The Bertz CT molecular complexity index is 634. The van der Waals surface area contributed by atoms with Gasteiger partial charge in [0.25, 0.3) is 0 Å². The Morgan fingerprint density at radius 1 is 1.41 bits per heavy atom. The van der Waals surface area contributed by atoms with Gasteiger partial charge in [0.2, 0.25) is 5.28 Å². The second kappa shape index (κ2) is 3.17. The minimum atomic E-state index is 0.305. The first-order chi connectivity index (χ1) is 8.01. The van der Waals surface area contributed by atoms with Gasteiger partial charge in [0.05, 0.1) is 16.2 Å². The molecule has 2 aromatic heterocycles. The summed E-state index contributed by atoms with van der Waals surface area (Å²) in [7, 11) is 0. The molecule has 0 radical (unpaired) electrons. The Balaban J connectivity index is 1.92. The van der Waals surface area contributed by atoms with E-state index in [4.69, 9.17) is 11.6 Å². The number of nitrogens with zero attached hydrogens (tertiary/aromatic N) is 3. The molecule has 0 spiro atoms. The van der Waals surface area contributed by atoms with Crippen molar-refractivity contribution in [3.63, 3.8) is 0 Å². The Kier molecular flexibility index (Phi) is 2.05. The largest absolute Gasteiger partial charge is 0.337 e. The van der Waals surface area contributed by atoms with Gasteiger partial charge in [0, 0.05) is 15.2 Å². The van der Waals surface area contributed by atoms with Crippen LogP contribution >= 0.6 is 50.1 Å². The van der Waals surface area contributed by atoms with E-state index in [-0.39, 0.29) is 0 Å². The lowest BCUT2D eigenvalue weighted by Gasteiger charge is -2.68. The van der Waals surface area contributed by atoms with Crippen LogP contribution in [0.3, 0.4) is 0 Å². The number of aromatic nitrogens is 3. The SMILES string of the molecule is Clc1ncc2c(n1)c(Br)cn2C12CC(I)(C1)C2. The summed E-state index contributed by atoms with van der Waals surface area (Å²) in [6, 6.07) is 0. The van der Waals surface area contributed by atoms with Crippen LogP contribution < -0.4 is 0 Å². The van der Waals surface area contributed by atoms with Crippen LogP contribution in [0.1, 0.15) is 19.3 Å². The first-order valence-electron chi connectivity index (χ1n) is 5.40. The highest BCUT2D eigenvalue weighted by molar-refractivity contribution is 14.1. The molecule has 3 aliphatic carbocycles. The van der Waals surface area contributed by atoms with E-state index >= 15 is 0 Å². The van der Waals surface area contributed by atoms with Crippen molar-refractivity contribution in [1.82, 2.24) is 14.5 Å². The molecule has 88 valence electrons. The molecule has 0 N–H and O–H groups in total. The normalized spacial score (nSPS) is 34.5. The van der Waals surface area contributed by atoms with Crippen molar-refractivity contribution in [2.45, 2.75) is 28.2 Å². The molecule has 0 aromatic carbocycles. The van der Waals surface area contributed by atoms with E-state index in [0.717, 1.165) is 15.5 Å². The lowest BCUT2D eigenvalue weighted by atomic mass is 9.49. The molecular formula is C11H8BrClIN3. The molecule has 0 aliphatic heterocycles. The molecule has 0 atom stereocenters. The van der Waals surface area contributed by atoms with Gasteiger partial charge in [-0.15, -0.1) is 0 Å². The van der Waals surface area contributed by atoms with Gasteiger partial charge >= 0.3 is 0 Å². The Morgan fingerprint density at radius 2 is 2.12 bits per heavy atom. The Hall–Kier alpha value is 0.120. The third kappa shape index (κ3) is 1.33. The van der Waals surface area contributed by atoms with Crippen molar-refractivity contribution in [3.8, 4) is 0 Å². The molecule has 0 saturated heterocycles. The monoisotopic (exact) mass is 423 g/mol. The molecular weight excluding hydrogens is 416 g/mol. The molecule has 3 saturated carbocycles. The zero-order valence-corrected chi connectivity index (χ0v) is 13.3. The summed E-state index contributed by atoms with van der Waals surface area (Å²) in [6.45, 7) is 0. The Labute approximate surface area is 125 Å². The van der Waals surface area contributed by atoms with Crippen molar-refractivity contribution in [2.24, 2.45) is 0 Å². The molecule has 2 heterocycles. The fourth-order valence-electron chi connectivity index (χ4n) is 3.21. The first-order valence-corrected chi connectivity index (χ1v) is 7.65. The second-order valence-electron chi connectivity index (χ2n) is 5.13. The van der Waals surface area contributed by atoms with Crippen LogP contribution in [0.25, 0.3) is 11.0 Å². The van der Waals surface area contributed by atoms with Crippen LogP contribution in [-0.4, -0.2) is 18.0 Å². The molecule has 3 fully saturated rings. The quantitative estimate of drug-likeness (QED) is 0.395. The summed E-state index contributed by atoms with van der Waals surface area (Å²) >= 11 is 12.0. The standard InChI is InChI=1S/C11H8BrClIN3/c12-6-2-17(11-3-10(14,4-11)5-11)7-1-15-9(13)16-8(6)7/h1-2H,3-5H2. The summed E-state index contributed by atoms with van der Waals surface area (Å²) in [5, 5.41) is 0.305. The minimum absolute atomic E-state index is 0.305. The van der Waals surface area contributed by atoms with Gasteiger partial charge in [0.1, 0.15) is 5.52 Å². The van der Waals surface area contributed by atoms with E-state index in [9.17, 15) is 0 Å². The summed E-state index contributed by atoms with van der Waals surface area (Å²) in [6.07, 6.45) is 7.75. The number of fused-ring (bicyclic) bond motifs is 1. The molecule has 6 heteroatoms. The van der Waals surface area contributed by atoms with Crippen molar-refractivity contribution < 1.29 is 0 Å². The molecule has 3 nitrogen and oxygen atoms in total. The second-order valence-corrected chi connectivity index (χ2v) is 8.61. The van der Waals surface area contributed by atoms with E-state index in [0.29, 0.717) is 14.2 Å². The molecule has 0 unspecified atom stereocenters. The lowest BCUT2D eigenvalue weighted by Crippen LogP contribution is -2.68. The van der Waals surface area contributed by atoms with Crippen LogP contribution in [0, 0.1) is 0 Å². The number of alkyl halides is 1. The molecule has 17 heavy (non-hydrogen) atoms. The zero-order valence-electron chi connectivity index (χ0n) is 8.75. The van der Waals surface area contributed by atoms with Crippen molar-refractivity contribution >= 4 is 61.2 Å². The molecule has 0 amide bonds. The first kappa shape index (κ1) is 11.0. The van der Waals surface area contributed by atoms with Gasteiger partial charge in [-0.3, -0.25) is 0 Å². The number of rotatable bonds is 1. The average Bonchev–Trinajstić information content (AvgIpc) is 2.50. The van der Waals surface area contributed by atoms with Crippen LogP contribution in [-0.2, 0) is 5.54 Å². The molecule has 2 bridgehead atoms. The van der Waals surface area contributed by atoms with Crippen molar-refractivity contribution in [3.05, 3.63) is 22.1 Å². The topological polar surface area (TPSA) is 30.7 Å². The van der Waals surface area contributed by atoms with Crippen LogP contribution in [0.2, 0.25) is 5.28 Å². The van der Waals surface area contributed by atoms with Gasteiger partial charge < -0.3 is 4.57 Å². The summed E-state index contributed by atoms with van der Waals surface area (Å²) in [4.78, 5) is 8.39. The third-order valence-electron chi connectivity index (χ3n) is 3.92. The highest BCUT2D eigenvalue weighted by atomic mass is 127. The fourth-order valence-corrected chi connectivity index (χ4v) is 5.97. The van der Waals surface area contributed by atoms with Crippen LogP contribution in [0.5, 0.6) is 0 Å². The molecule has 2 aromatic rings. The van der Waals surface area contributed by atoms with E-state index in [1.54, 1.807) is 0 Å². The maximum atomic E-state index is 5.84. The van der Waals surface area contributed by atoms with E-state index in [2.05, 4.69) is 59.3 Å². The fraction of sp³-hybridized carbons (Fsp3) is 0.455. The lowest BCUT2D eigenvalue weighted by molar-refractivity contribution is -0.0424. The number of hydrogen-bond acceptors (Lipinski definition) is 2. The third-order valence-corrected chi connectivity index (χ3v) is 5.82. The van der Waals surface area contributed by atoms with E-state index in [1.807, 2.05) is 6.20 Å². The van der Waals surface area contributed by atoms with Gasteiger partial charge in [0.15, 0.2) is 0 Å².